The van der Waals surface area contributed by atoms with Gasteiger partial charge in [-0.15, -0.1) is 23.4 Å². The highest BCUT2D eigenvalue weighted by molar-refractivity contribution is 7.80. The fourth-order valence-electron chi connectivity index (χ4n) is 2.22. The van der Waals surface area contributed by atoms with Gasteiger partial charge in [0, 0.05) is 11.1 Å². The maximum absolute atomic E-state index is 12.9. The topological polar surface area (TPSA) is 82.0 Å². The maximum Gasteiger partial charge on any atom is 0.573 e. The summed E-state index contributed by atoms with van der Waals surface area (Å²) in [5.74, 6) is -1.30. The second kappa shape index (κ2) is 7.19. The molecule has 0 unspecified atom stereocenters. The number of aromatic nitrogens is 1. The zero-order valence-corrected chi connectivity index (χ0v) is 14.0. The van der Waals surface area contributed by atoms with E-state index in [-0.39, 0.29) is 16.2 Å². The third kappa shape index (κ3) is 4.70. The van der Waals surface area contributed by atoms with E-state index in [2.05, 4.69) is 25.3 Å². The molecule has 0 saturated carbocycles. The summed E-state index contributed by atoms with van der Waals surface area (Å²) in [5, 5.41) is 20.1. The van der Waals surface area contributed by atoms with Crippen molar-refractivity contribution in [1.29, 1.82) is 0 Å². The van der Waals surface area contributed by atoms with Crippen LogP contribution in [0.25, 0.3) is 10.9 Å². The van der Waals surface area contributed by atoms with E-state index < -0.39 is 23.8 Å². The molecule has 0 aliphatic rings. The highest BCUT2D eigenvalue weighted by atomic mass is 32.1. The molecule has 0 aliphatic heterocycles. The smallest absolute Gasteiger partial charge is 0.493 e. The number of H-pyrrole nitrogens is 1. The van der Waals surface area contributed by atoms with E-state index >= 15 is 0 Å². The molecule has 27 heavy (non-hydrogen) atoms. The summed E-state index contributed by atoms with van der Waals surface area (Å²) in [6, 6.07) is 8.75. The van der Waals surface area contributed by atoms with Crippen molar-refractivity contribution < 1.29 is 27.4 Å². The highest BCUT2D eigenvalue weighted by Crippen LogP contribution is 2.38. The molecule has 2 aromatic carbocycles. The molecule has 11 heteroatoms. The van der Waals surface area contributed by atoms with Crippen LogP contribution in [0.1, 0.15) is 0 Å². The van der Waals surface area contributed by atoms with E-state index in [0.29, 0.717) is 11.2 Å². The number of fused-ring (bicyclic) bond motifs is 1. The molecule has 0 fully saturated rings. The van der Waals surface area contributed by atoms with Crippen molar-refractivity contribution in [2.24, 2.45) is 10.2 Å². The van der Waals surface area contributed by atoms with Crippen molar-refractivity contribution >= 4 is 39.6 Å². The van der Waals surface area contributed by atoms with Crippen LogP contribution in [-0.4, -0.2) is 21.6 Å². The van der Waals surface area contributed by atoms with Gasteiger partial charge in [0.05, 0.1) is 5.52 Å². The normalized spacial score (nSPS) is 11.9. The van der Waals surface area contributed by atoms with Gasteiger partial charge in [-0.1, -0.05) is 0 Å². The minimum Gasteiger partial charge on any atom is -0.493 e. The summed E-state index contributed by atoms with van der Waals surface area (Å²) in [4.78, 5) is 2.56. The van der Waals surface area contributed by atoms with Gasteiger partial charge < -0.3 is 20.1 Å². The average molecular weight is 398 g/mol. The van der Waals surface area contributed by atoms with Gasteiger partial charge in [0.2, 0.25) is 11.0 Å². The lowest BCUT2D eigenvalue weighted by Gasteiger charge is -2.08. The summed E-state index contributed by atoms with van der Waals surface area (Å²) in [6.45, 7) is 0. The van der Waals surface area contributed by atoms with Crippen LogP contribution in [0, 0.1) is 5.82 Å². The predicted octanol–water partition coefficient (Wildman–Crippen LogP) is 5.39. The van der Waals surface area contributed by atoms with Crippen molar-refractivity contribution in [3.8, 4) is 11.6 Å². The lowest BCUT2D eigenvalue weighted by atomic mass is 10.2. The van der Waals surface area contributed by atoms with Crippen molar-refractivity contribution in [3.63, 3.8) is 0 Å². The number of ether oxygens (including phenoxy) is 1. The van der Waals surface area contributed by atoms with E-state index in [4.69, 9.17) is 12.2 Å². The van der Waals surface area contributed by atoms with Crippen molar-refractivity contribution in [1.82, 2.24) is 4.98 Å². The fraction of sp³-hybridized carbons (Fsp3) is 0.0625. The number of aromatic amines is 1. The third-order valence-electron chi connectivity index (χ3n) is 3.29. The van der Waals surface area contributed by atoms with Crippen LogP contribution in [-0.2, 0) is 0 Å². The van der Waals surface area contributed by atoms with E-state index in [1.165, 1.54) is 30.3 Å². The molecule has 6 nitrogen and oxygen atoms in total. The van der Waals surface area contributed by atoms with Gasteiger partial charge in [0.25, 0.3) is 0 Å². The number of hydrogen-bond donors (Lipinski definition) is 3. The minimum atomic E-state index is -4.85. The van der Waals surface area contributed by atoms with Crippen LogP contribution in [0.3, 0.4) is 0 Å². The van der Waals surface area contributed by atoms with Crippen LogP contribution in [0.2, 0.25) is 0 Å². The Balaban J connectivity index is 1.83. The molecule has 1 heterocycles. The largest absolute Gasteiger partial charge is 0.573 e. The molecular weight excluding hydrogens is 388 g/mol. The quantitative estimate of drug-likeness (QED) is 0.314. The summed E-state index contributed by atoms with van der Waals surface area (Å²) in [5.41, 5.74) is 0.679. The number of hydrogen-bond acceptors (Lipinski definition) is 4. The Morgan fingerprint density at radius 1 is 1.15 bits per heavy atom. The fourth-order valence-corrected chi connectivity index (χ4v) is 2.38. The number of nitrogens with one attached hydrogen (secondary N) is 2. The third-order valence-corrected chi connectivity index (χ3v) is 3.48. The number of thiocarbonyl (C=S) groups is 1. The summed E-state index contributed by atoms with van der Waals surface area (Å²) >= 11 is 4.97. The zero-order chi connectivity index (χ0) is 19.6. The molecule has 0 spiro atoms. The van der Waals surface area contributed by atoms with E-state index in [0.717, 1.165) is 12.1 Å². The van der Waals surface area contributed by atoms with Gasteiger partial charge in [0.15, 0.2) is 5.69 Å². The summed E-state index contributed by atoms with van der Waals surface area (Å²) in [6.07, 6.45) is -4.85. The Morgan fingerprint density at radius 2 is 1.85 bits per heavy atom. The summed E-state index contributed by atoms with van der Waals surface area (Å²) in [7, 11) is 0. The first-order chi connectivity index (χ1) is 12.7. The van der Waals surface area contributed by atoms with Gasteiger partial charge in [-0.05, 0) is 54.7 Å². The van der Waals surface area contributed by atoms with Crippen LogP contribution >= 0.6 is 12.2 Å². The minimum absolute atomic E-state index is 0.0990. The molecule has 0 radical (unpaired) electrons. The number of benzene rings is 2. The summed E-state index contributed by atoms with van der Waals surface area (Å²) < 4.78 is 53.8. The van der Waals surface area contributed by atoms with Crippen LogP contribution in [0.4, 0.5) is 28.9 Å². The average Bonchev–Trinajstić information content (AvgIpc) is 2.88. The van der Waals surface area contributed by atoms with Crippen molar-refractivity contribution in [2.75, 3.05) is 5.32 Å². The number of anilines is 1. The zero-order valence-electron chi connectivity index (χ0n) is 13.2. The molecule has 0 aliphatic carbocycles. The van der Waals surface area contributed by atoms with Crippen LogP contribution in [0.5, 0.6) is 11.6 Å². The molecular formula is C16H10F4N4O2S. The van der Waals surface area contributed by atoms with Crippen LogP contribution in [0.15, 0.2) is 52.7 Å². The molecule has 3 aromatic rings. The van der Waals surface area contributed by atoms with Gasteiger partial charge in [-0.2, -0.15) is 0 Å². The van der Waals surface area contributed by atoms with Crippen molar-refractivity contribution in [3.05, 3.63) is 48.3 Å². The Hall–Kier alpha value is -3.21. The van der Waals surface area contributed by atoms with Gasteiger partial charge in [-0.25, -0.2) is 4.39 Å². The molecule has 0 amide bonds. The van der Waals surface area contributed by atoms with Crippen molar-refractivity contribution in [2.45, 2.75) is 6.36 Å². The monoisotopic (exact) mass is 398 g/mol. The first kappa shape index (κ1) is 18.6. The first-order valence-electron chi connectivity index (χ1n) is 7.30. The van der Waals surface area contributed by atoms with E-state index in [1.807, 2.05) is 0 Å². The number of alkyl halides is 3. The molecule has 1 aromatic heterocycles. The Morgan fingerprint density at radius 3 is 2.52 bits per heavy atom. The SMILES string of the molecule is Oc1[nH]c2ccc(OC(F)(F)F)cc2c1N=NC(=S)Nc1ccc(F)cc1. The number of azo groups is 1. The molecule has 0 bridgehead atoms. The second-order valence-electron chi connectivity index (χ2n) is 5.21. The Kier molecular flexibility index (Phi) is 4.95. The number of aromatic hydroxyl groups is 1. The predicted molar refractivity (Wildman–Crippen MR) is 93.8 cm³/mol. The van der Waals surface area contributed by atoms with Crippen LogP contribution < -0.4 is 10.1 Å². The maximum atomic E-state index is 12.9. The Labute approximate surface area is 154 Å². The second-order valence-corrected chi connectivity index (χ2v) is 5.60. The van der Waals surface area contributed by atoms with E-state index in [9.17, 15) is 22.7 Å². The lowest BCUT2D eigenvalue weighted by Crippen LogP contribution is -2.16. The van der Waals surface area contributed by atoms with Gasteiger partial charge >= 0.3 is 6.36 Å². The number of nitrogens with zero attached hydrogens (tertiary/aromatic N) is 2. The molecule has 3 N–H and O–H groups in total. The lowest BCUT2D eigenvalue weighted by molar-refractivity contribution is -0.274. The molecule has 140 valence electrons. The molecule has 0 saturated heterocycles. The standard InChI is InChI=1S/C16H10F4N4O2S/c17-8-1-3-9(4-2-8)21-15(27)24-23-13-11-7-10(26-16(18,19)20)5-6-12(11)22-14(13)25/h1-7,22,25H,(H,21,27). The first-order valence-corrected chi connectivity index (χ1v) is 7.71. The van der Waals surface area contributed by atoms with Gasteiger partial charge in [0.1, 0.15) is 11.6 Å². The highest BCUT2D eigenvalue weighted by Gasteiger charge is 2.31. The number of halogens is 4. The van der Waals surface area contributed by atoms with Gasteiger partial charge in [-0.3, -0.25) is 0 Å². The Bertz CT molecular complexity index is 1020. The molecule has 3 rings (SSSR count). The number of rotatable bonds is 3. The molecule has 0 atom stereocenters. The van der Waals surface area contributed by atoms with E-state index in [1.54, 1.807) is 0 Å².